The van der Waals surface area contributed by atoms with E-state index in [2.05, 4.69) is 24.3 Å². The van der Waals surface area contributed by atoms with E-state index in [1.54, 1.807) is 0 Å². The first kappa shape index (κ1) is 10.5. The third-order valence-electron chi connectivity index (χ3n) is 2.19. The molecule has 0 aromatic rings. The van der Waals surface area contributed by atoms with Crippen LogP contribution in [0, 0.1) is 0 Å². The molecule has 0 aliphatic carbocycles. The van der Waals surface area contributed by atoms with Crippen molar-refractivity contribution in [1.29, 1.82) is 0 Å². The van der Waals surface area contributed by atoms with Gasteiger partial charge in [0.25, 0.3) is 0 Å². The number of hydrazine groups is 1. The van der Waals surface area contributed by atoms with Crippen LogP contribution in [-0.4, -0.2) is 24.6 Å². The fourth-order valence-corrected chi connectivity index (χ4v) is 1.48. The highest BCUT2D eigenvalue weighted by Crippen LogP contribution is 2.19. The fraction of sp³-hybridized carbons (Fsp3) is 0.889. The van der Waals surface area contributed by atoms with Crippen LogP contribution in [0.5, 0.6) is 0 Å². The Morgan fingerprint density at radius 3 is 2.85 bits per heavy atom. The van der Waals surface area contributed by atoms with E-state index in [-0.39, 0.29) is 6.10 Å². The first-order chi connectivity index (χ1) is 6.27. The zero-order valence-electron chi connectivity index (χ0n) is 8.42. The van der Waals surface area contributed by atoms with Crippen molar-refractivity contribution in [3.05, 3.63) is 0 Å². The molecular weight excluding hydrogens is 166 g/mol. The van der Waals surface area contributed by atoms with E-state index in [4.69, 9.17) is 10.6 Å². The van der Waals surface area contributed by atoms with Crippen molar-refractivity contribution in [2.24, 2.45) is 10.8 Å². The predicted octanol–water partition coefficient (Wildman–Crippen LogP) is 0.826. The van der Waals surface area contributed by atoms with Gasteiger partial charge in [0.2, 0.25) is 0 Å². The average Bonchev–Trinajstić information content (AvgIpc) is 2.54. The minimum absolute atomic E-state index is 0.0894. The molecular formula is C9H19N3O. The van der Waals surface area contributed by atoms with Crippen LogP contribution < -0.4 is 11.3 Å². The molecule has 0 saturated carbocycles. The Kier molecular flexibility index (Phi) is 4.18. The SMILES string of the molecule is CCCN=C(NN)C1CCC(C)O1. The molecule has 0 radical (unpaired) electrons. The summed E-state index contributed by atoms with van der Waals surface area (Å²) < 4.78 is 5.64. The highest BCUT2D eigenvalue weighted by Gasteiger charge is 2.25. The Hall–Kier alpha value is -0.610. The average molecular weight is 185 g/mol. The molecule has 1 saturated heterocycles. The molecule has 1 aliphatic rings. The summed E-state index contributed by atoms with van der Waals surface area (Å²) in [5.74, 6) is 6.18. The molecule has 1 aliphatic heterocycles. The zero-order chi connectivity index (χ0) is 9.68. The monoisotopic (exact) mass is 185 g/mol. The topological polar surface area (TPSA) is 59.6 Å². The molecule has 4 nitrogen and oxygen atoms in total. The molecule has 0 aromatic heterocycles. The molecule has 4 heteroatoms. The first-order valence-corrected chi connectivity index (χ1v) is 4.94. The van der Waals surface area contributed by atoms with Crippen molar-refractivity contribution in [2.75, 3.05) is 6.54 Å². The lowest BCUT2D eigenvalue weighted by atomic mass is 10.2. The van der Waals surface area contributed by atoms with E-state index in [1.807, 2.05) is 0 Å². The highest BCUT2D eigenvalue weighted by atomic mass is 16.5. The molecule has 0 aromatic carbocycles. The van der Waals surface area contributed by atoms with Gasteiger partial charge in [-0.3, -0.25) is 4.99 Å². The Labute approximate surface area is 79.5 Å². The summed E-state index contributed by atoms with van der Waals surface area (Å²) in [6.07, 6.45) is 3.58. The molecule has 1 fully saturated rings. The van der Waals surface area contributed by atoms with E-state index in [0.29, 0.717) is 6.10 Å². The second-order valence-corrected chi connectivity index (χ2v) is 3.42. The Morgan fingerprint density at radius 1 is 1.62 bits per heavy atom. The molecule has 1 rings (SSSR count). The number of amidine groups is 1. The van der Waals surface area contributed by atoms with Gasteiger partial charge < -0.3 is 10.2 Å². The van der Waals surface area contributed by atoms with E-state index in [9.17, 15) is 0 Å². The Balaban J connectivity index is 2.46. The van der Waals surface area contributed by atoms with Gasteiger partial charge in [-0.15, -0.1) is 0 Å². The molecule has 0 spiro atoms. The minimum atomic E-state index is 0.0894. The van der Waals surface area contributed by atoms with E-state index >= 15 is 0 Å². The van der Waals surface area contributed by atoms with Crippen molar-refractivity contribution in [1.82, 2.24) is 5.43 Å². The first-order valence-electron chi connectivity index (χ1n) is 4.94. The Bertz CT molecular complexity index is 182. The second-order valence-electron chi connectivity index (χ2n) is 3.42. The van der Waals surface area contributed by atoms with Crippen molar-refractivity contribution in [3.63, 3.8) is 0 Å². The lowest BCUT2D eigenvalue weighted by molar-refractivity contribution is 0.0916. The smallest absolute Gasteiger partial charge is 0.140 e. The third-order valence-corrected chi connectivity index (χ3v) is 2.19. The molecule has 0 bridgehead atoms. The lowest BCUT2D eigenvalue weighted by Gasteiger charge is -2.13. The van der Waals surface area contributed by atoms with Gasteiger partial charge in [-0.1, -0.05) is 6.92 Å². The summed E-state index contributed by atoms with van der Waals surface area (Å²) in [7, 11) is 0. The number of aliphatic imine (C=N–C) groups is 1. The molecule has 0 amide bonds. The van der Waals surface area contributed by atoms with Crippen LogP contribution in [0.15, 0.2) is 4.99 Å². The predicted molar refractivity (Wildman–Crippen MR) is 53.5 cm³/mol. The normalized spacial score (nSPS) is 29.3. The van der Waals surface area contributed by atoms with E-state index in [0.717, 1.165) is 31.6 Å². The number of hydrogen-bond acceptors (Lipinski definition) is 3. The second kappa shape index (κ2) is 5.19. The van der Waals surface area contributed by atoms with Gasteiger partial charge >= 0.3 is 0 Å². The summed E-state index contributed by atoms with van der Waals surface area (Å²) in [5.41, 5.74) is 2.62. The van der Waals surface area contributed by atoms with Crippen LogP contribution in [0.4, 0.5) is 0 Å². The van der Waals surface area contributed by atoms with Crippen LogP contribution in [0.2, 0.25) is 0 Å². The number of nitrogens with one attached hydrogen (secondary N) is 1. The number of rotatable bonds is 3. The van der Waals surface area contributed by atoms with Crippen LogP contribution in [-0.2, 0) is 4.74 Å². The molecule has 1 heterocycles. The molecule has 2 atom stereocenters. The number of nitrogens with two attached hydrogens (primary N) is 1. The standard InChI is InChI=1S/C9H19N3O/c1-3-6-11-9(12-10)8-5-4-7(2)13-8/h7-8H,3-6,10H2,1-2H3,(H,11,12). The molecule has 76 valence electrons. The zero-order valence-corrected chi connectivity index (χ0v) is 8.42. The van der Waals surface area contributed by atoms with E-state index < -0.39 is 0 Å². The maximum Gasteiger partial charge on any atom is 0.140 e. The van der Waals surface area contributed by atoms with Crippen LogP contribution in [0.25, 0.3) is 0 Å². The fourth-order valence-electron chi connectivity index (χ4n) is 1.48. The van der Waals surface area contributed by atoms with Gasteiger partial charge in [0.15, 0.2) is 0 Å². The summed E-state index contributed by atoms with van der Waals surface area (Å²) in [6.45, 7) is 4.98. The van der Waals surface area contributed by atoms with Gasteiger partial charge in [-0.2, -0.15) is 0 Å². The van der Waals surface area contributed by atoms with Crippen LogP contribution in [0.3, 0.4) is 0 Å². The maximum absolute atomic E-state index is 5.64. The van der Waals surface area contributed by atoms with Crippen LogP contribution in [0.1, 0.15) is 33.1 Å². The summed E-state index contributed by atoms with van der Waals surface area (Å²) in [5, 5.41) is 0. The van der Waals surface area contributed by atoms with Gasteiger partial charge in [0.1, 0.15) is 11.9 Å². The Morgan fingerprint density at radius 2 is 2.38 bits per heavy atom. The van der Waals surface area contributed by atoms with Crippen LogP contribution >= 0.6 is 0 Å². The van der Waals surface area contributed by atoms with Crippen molar-refractivity contribution in [2.45, 2.75) is 45.3 Å². The summed E-state index contributed by atoms with van der Waals surface area (Å²) in [4.78, 5) is 4.33. The largest absolute Gasteiger partial charge is 0.367 e. The number of nitrogens with zero attached hydrogens (tertiary/aromatic N) is 1. The molecule has 13 heavy (non-hydrogen) atoms. The summed E-state index contributed by atoms with van der Waals surface area (Å²) >= 11 is 0. The highest BCUT2D eigenvalue weighted by molar-refractivity contribution is 5.86. The minimum Gasteiger partial charge on any atom is -0.367 e. The third kappa shape index (κ3) is 2.97. The lowest BCUT2D eigenvalue weighted by Crippen LogP contribution is -2.39. The molecule has 2 unspecified atom stereocenters. The van der Waals surface area contributed by atoms with Gasteiger partial charge in [0.05, 0.1) is 6.10 Å². The van der Waals surface area contributed by atoms with E-state index in [1.165, 1.54) is 0 Å². The van der Waals surface area contributed by atoms with Gasteiger partial charge in [0, 0.05) is 6.54 Å². The van der Waals surface area contributed by atoms with Crippen molar-refractivity contribution < 1.29 is 4.74 Å². The number of ether oxygens (including phenoxy) is 1. The van der Waals surface area contributed by atoms with Crippen molar-refractivity contribution >= 4 is 5.84 Å². The van der Waals surface area contributed by atoms with Gasteiger partial charge in [-0.25, -0.2) is 5.84 Å². The maximum atomic E-state index is 5.64. The number of hydrogen-bond donors (Lipinski definition) is 2. The molecule has 3 N–H and O–H groups in total. The quantitative estimate of drug-likeness (QED) is 0.296. The summed E-state index contributed by atoms with van der Waals surface area (Å²) in [6, 6.07) is 0. The van der Waals surface area contributed by atoms with Crippen molar-refractivity contribution in [3.8, 4) is 0 Å². The van der Waals surface area contributed by atoms with Gasteiger partial charge in [-0.05, 0) is 26.2 Å².